The summed E-state index contributed by atoms with van der Waals surface area (Å²) in [7, 11) is 0. The second-order valence-corrected chi connectivity index (χ2v) is 5.94. The highest BCUT2D eigenvalue weighted by molar-refractivity contribution is 9.10. The predicted octanol–water partition coefficient (Wildman–Crippen LogP) is 2.91. The summed E-state index contributed by atoms with van der Waals surface area (Å²) < 4.78 is 6.86. The van der Waals surface area contributed by atoms with Crippen LogP contribution in [0.2, 0.25) is 0 Å². The fraction of sp³-hybridized carbons (Fsp3) is 0.600. The van der Waals surface area contributed by atoms with E-state index in [-0.39, 0.29) is 0 Å². The average molecular weight is 327 g/mol. The minimum Gasteiger partial charge on any atom is -0.375 e. The first-order valence-corrected chi connectivity index (χ1v) is 7.86. The molecular formula is C15H23BrN2O. The molecule has 3 nitrogen and oxygen atoms in total. The molecule has 0 unspecified atom stereocenters. The molecule has 4 heteroatoms. The molecule has 0 spiro atoms. The molecular weight excluding hydrogens is 304 g/mol. The topological polar surface area (TPSA) is 38.5 Å². The number of benzene rings is 1. The van der Waals surface area contributed by atoms with Crippen molar-refractivity contribution in [3.63, 3.8) is 0 Å². The van der Waals surface area contributed by atoms with Gasteiger partial charge < -0.3 is 15.4 Å². The number of likely N-dealkylation sites (tertiary alicyclic amines) is 1. The van der Waals surface area contributed by atoms with Gasteiger partial charge in [-0.1, -0.05) is 34.5 Å². The quantitative estimate of drug-likeness (QED) is 0.817. The van der Waals surface area contributed by atoms with Gasteiger partial charge in [0.2, 0.25) is 0 Å². The largest absolute Gasteiger partial charge is 0.375 e. The van der Waals surface area contributed by atoms with Crippen molar-refractivity contribution in [1.82, 2.24) is 4.90 Å². The number of hydrogen-bond acceptors (Lipinski definition) is 3. The van der Waals surface area contributed by atoms with E-state index in [2.05, 4.69) is 39.0 Å². The van der Waals surface area contributed by atoms with E-state index in [4.69, 9.17) is 10.5 Å². The van der Waals surface area contributed by atoms with E-state index in [1.165, 1.54) is 37.9 Å². The zero-order valence-electron chi connectivity index (χ0n) is 11.4. The summed E-state index contributed by atoms with van der Waals surface area (Å²) in [5.41, 5.74) is 7.95. The zero-order valence-corrected chi connectivity index (χ0v) is 13.0. The molecule has 0 atom stereocenters. The third kappa shape index (κ3) is 4.88. The second-order valence-electron chi connectivity index (χ2n) is 5.08. The molecule has 2 N–H and O–H groups in total. The summed E-state index contributed by atoms with van der Waals surface area (Å²) in [5, 5.41) is 0. The molecule has 1 heterocycles. The summed E-state index contributed by atoms with van der Waals surface area (Å²) >= 11 is 3.57. The lowest BCUT2D eigenvalue weighted by atomic mass is 10.1. The van der Waals surface area contributed by atoms with Gasteiger partial charge in [-0.05, 0) is 43.1 Å². The maximum atomic E-state index is 5.77. The molecule has 1 saturated heterocycles. The number of nitrogens with two attached hydrogens (primary N) is 1. The van der Waals surface area contributed by atoms with E-state index in [1.54, 1.807) is 0 Å². The van der Waals surface area contributed by atoms with Gasteiger partial charge in [0.25, 0.3) is 0 Å². The number of rotatable bonds is 6. The zero-order chi connectivity index (χ0) is 13.5. The third-order valence-electron chi connectivity index (χ3n) is 3.61. The lowest BCUT2D eigenvalue weighted by molar-refractivity contribution is 0.0860. The van der Waals surface area contributed by atoms with E-state index in [1.807, 2.05) is 0 Å². The molecule has 1 aromatic rings. The number of nitrogens with zero attached hydrogens (tertiary/aromatic N) is 1. The van der Waals surface area contributed by atoms with Crippen molar-refractivity contribution < 1.29 is 4.74 Å². The Morgan fingerprint density at radius 1 is 1.21 bits per heavy atom. The molecule has 0 radical (unpaired) electrons. The van der Waals surface area contributed by atoms with Crippen LogP contribution in [-0.4, -0.2) is 31.1 Å². The van der Waals surface area contributed by atoms with Crippen molar-refractivity contribution in [3.8, 4) is 0 Å². The van der Waals surface area contributed by atoms with Gasteiger partial charge in [0.05, 0.1) is 13.2 Å². The van der Waals surface area contributed by atoms with Gasteiger partial charge in [0.15, 0.2) is 0 Å². The van der Waals surface area contributed by atoms with Crippen molar-refractivity contribution >= 4 is 15.9 Å². The number of halogens is 1. The molecule has 2 rings (SSSR count). The number of ether oxygens (including phenoxy) is 1. The van der Waals surface area contributed by atoms with Crippen LogP contribution in [0.1, 0.15) is 30.4 Å². The summed E-state index contributed by atoms with van der Waals surface area (Å²) in [6.45, 7) is 5.58. The summed E-state index contributed by atoms with van der Waals surface area (Å²) in [5.74, 6) is 0. The van der Waals surface area contributed by atoms with Crippen molar-refractivity contribution in [2.24, 2.45) is 5.73 Å². The fourth-order valence-electron chi connectivity index (χ4n) is 2.39. The standard InChI is InChI=1S/C15H23BrN2O/c16-15-10-13(11-17)4-5-14(15)12-19-9-8-18-6-2-1-3-7-18/h4-5,10H,1-3,6-9,11-12,17H2. The summed E-state index contributed by atoms with van der Waals surface area (Å²) in [6, 6.07) is 6.23. The smallest absolute Gasteiger partial charge is 0.0728 e. The van der Waals surface area contributed by atoms with Crippen LogP contribution in [0.15, 0.2) is 22.7 Å². The van der Waals surface area contributed by atoms with Crippen LogP contribution >= 0.6 is 15.9 Å². The lowest BCUT2D eigenvalue weighted by Crippen LogP contribution is -2.32. The van der Waals surface area contributed by atoms with E-state index < -0.39 is 0 Å². The Labute approximate surface area is 124 Å². The maximum absolute atomic E-state index is 5.77. The molecule has 0 aromatic heterocycles. The third-order valence-corrected chi connectivity index (χ3v) is 4.35. The van der Waals surface area contributed by atoms with Gasteiger partial charge in [-0.15, -0.1) is 0 Å². The Hall–Kier alpha value is -0.420. The van der Waals surface area contributed by atoms with Crippen molar-refractivity contribution in [2.75, 3.05) is 26.2 Å². The lowest BCUT2D eigenvalue weighted by Gasteiger charge is -2.26. The van der Waals surface area contributed by atoms with Crippen LogP contribution in [0, 0.1) is 0 Å². The van der Waals surface area contributed by atoms with Gasteiger partial charge in [0, 0.05) is 17.6 Å². The molecule has 0 bridgehead atoms. The normalized spacial score (nSPS) is 16.7. The Kier molecular flexibility index (Phi) is 6.31. The molecule has 106 valence electrons. The van der Waals surface area contributed by atoms with E-state index in [0.29, 0.717) is 13.2 Å². The Morgan fingerprint density at radius 2 is 2.00 bits per heavy atom. The SMILES string of the molecule is NCc1ccc(COCCN2CCCCC2)c(Br)c1. The van der Waals surface area contributed by atoms with Crippen LogP contribution in [0.25, 0.3) is 0 Å². The molecule has 1 aromatic carbocycles. The monoisotopic (exact) mass is 326 g/mol. The van der Waals surface area contributed by atoms with Crippen LogP contribution in [-0.2, 0) is 17.9 Å². The van der Waals surface area contributed by atoms with Crippen molar-refractivity contribution in [3.05, 3.63) is 33.8 Å². The Morgan fingerprint density at radius 3 is 2.68 bits per heavy atom. The second kappa shape index (κ2) is 8.00. The average Bonchev–Trinajstić information content (AvgIpc) is 2.46. The van der Waals surface area contributed by atoms with E-state index in [9.17, 15) is 0 Å². The highest BCUT2D eigenvalue weighted by Gasteiger charge is 2.09. The van der Waals surface area contributed by atoms with Gasteiger partial charge in [-0.2, -0.15) is 0 Å². The molecule has 0 amide bonds. The van der Waals surface area contributed by atoms with Crippen molar-refractivity contribution in [1.29, 1.82) is 0 Å². The summed E-state index contributed by atoms with van der Waals surface area (Å²) in [6.07, 6.45) is 4.07. The molecule has 19 heavy (non-hydrogen) atoms. The van der Waals surface area contributed by atoms with E-state index >= 15 is 0 Å². The van der Waals surface area contributed by atoms with Crippen LogP contribution in [0.3, 0.4) is 0 Å². The highest BCUT2D eigenvalue weighted by Crippen LogP contribution is 2.19. The van der Waals surface area contributed by atoms with Gasteiger partial charge in [0.1, 0.15) is 0 Å². The molecule has 0 saturated carbocycles. The molecule has 0 aliphatic carbocycles. The van der Waals surface area contributed by atoms with Crippen LogP contribution in [0.4, 0.5) is 0 Å². The minimum atomic E-state index is 0.578. The van der Waals surface area contributed by atoms with Crippen LogP contribution < -0.4 is 5.73 Å². The molecule has 1 fully saturated rings. The number of piperidine rings is 1. The Bertz CT molecular complexity index is 392. The van der Waals surface area contributed by atoms with Gasteiger partial charge >= 0.3 is 0 Å². The Balaban J connectivity index is 1.70. The summed E-state index contributed by atoms with van der Waals surface area (Å²) in [4.78, 5) is 2.50. The first kappa shape index (κ1) is 15.0. The first-order valence-electron chi connectivity index (χ1n) is 7.07. The fourth-order valence-corrected chi connectivity index (χ4v) is 2.93. The highest BCUT2D eigenvalue weighted by atomic mass is 79.9. The van der Waals surface area contributed by atoms with Gasteiger partial charge in [-0.25, -0.2) is 0 Å². The van der Waals surface area contributed by atoms with Crippen LogP contribution in [0.5, 0.6) is 0 Å². The molecule has 1 aliphatic rings. The first-order chi connectivity index (χ1) is 9.29. The molecule has 1 aliphatic heterocycles. The van der Waals surface area contributed by atoms with E-state index in [0.717, 1.165) is 23.2 Å². The van der Waals surface area contributed by atoms with Gasteiger partial charge in [-0.3, -0.25) is 0 Å². The minimum absolute atomic E-state index is 0.578. The van der Waals surface area contributed by atoms with Crippen molar-refractivity contribution in [2.45, 2.75) is 32.4 Å². The maximum Gasteiger partial charge on any atom is 0.0728 e. The number of hydrogen-bond donors (Lipinski definition) is 1. The predicted molar refractivity (Wildman–Crippen MR) is 82.0 cm³/mol.